The van der Waals surface area contributed by atoms with Gasteiger partial charge < -0.3 is 19.8 Å². The van der Waals surface area contributed by atoms with Crippen LogP contribution in [0.5, 0.6) is 0 Å². The number of amides is 2. The van der Waals surface area contributed by atoms with Crippen LogP contribution in [0.4, 0.5) is 4.79 Å². The summed E-state index contributed by atoms with van der Waals surface area (Å²) in [7, 11) is 4.07. The molecule has 5 nitrogen and oxygen atoms in total. The van der Waals surface area contributed by atoms with Gasteiger partial charge >= 0.3 is 6.03 Å². The second-order valence-corrected chi connectivity index (χ2v) is 9.13. The van der Waals surface area contributed by atoms with Crippen LogP contribution in [0.2, 0.25) is 0 Å². The molecule has 2 amide bonds. The van der Waals surface area contributed by atoms with Crippen molar-refractivity contribution in [2.45, 2.75) is 58.5 Å². The van der Waals surface area contributed by atoms with Gasteiger partial charge in [-0.3, -0.25) is 0 Å². The van der Waals surface area contributed by atoms with Crippen LogP contribution in [0.15, 0.2) is 72.4 Å². The van der Waals surface area contributed by atoms with Crippen LogP contribution in [0, 0.1) is 0 Å². The molecule has 2 aliphatic heterocycles. The van der Waals surface area contributed by atoms with Crippen LogP contribution in [-0.2, 0) is 0 Å². The molecule has 0 spiro atoms. The number of nitrogens with zero attached hydrogens (tertiary/aromatic N) is 3. The zero-order valence-electron chi connectivity index (χ0n) is 22.6. The van der Waals surface area contributed by atoms with E-state index in [1.54, 1.807) is 0 Å². The van der Waals surface area contributed by atoms with Gasteiger partial charge in [0, 0.05) is 19.6 Å². The molecule has 1 N–H and O–H groups in total. The quantitative estimate of drug-likeness (QED) is 0.528. The molecule has 1 aromatic carbocycles. The summed E-state index contributed by atoms with van der Waals surface area (Å²) in [6, 6.07) is 10.3. The van der Waals surface area contributed by atoms with Gasteiger partial charge in [-0.05, 0) is 76.0 Å². The molecule has 3 rings (SSSR count). The number of carbonyl (C=O) groups excluding carboxylic acids is 1. The highest BCUT2D eigenvalue weighted by molar-refractivity contribution is 5.84. The number of carbonyl (C=O) groups is 1. The highest BCUT2D eigenvalue weighted by Gasteiger charge is 2.46. The van der Waals surface area contributed by atoms with Gasteiger partial charge in [0.05, 0.1) is 6.61 Å². The molecule has 2 aliphatic rings. The standard InChI is InChI=1S/C28H39N3O2.C2H6/c1-5-7-15-25(12-6-2)28(22-32)20-24(23-13-9-8-10-14-23)21-31(28)27(33)30(4)26-16-11-18-29(3)19-17-26;1-2/h5-10,12-15,20,26,32H,11,16-19,21-22H2,1-4H3;1-2H3/b7-5-,12-6-,25-15+;/t26?,28-;/m1./s1. The second-order valence-electron chi connectivity index (χ2n) is 9.13. The zero-order chi connectivity index (χ0) is 25.8. The van der Waals surface area contributed by atoms with Gasteiger partial charge in [-0.25, -0.2) is 4.79 Å². The highest BCUT2D eigenvalue weighted by atomic mass is 16.3. The van der Waals surface area contributed by atoms with Crippen LogP contribution in [-0.4, -0.2) is 77.8 Å². The fraction of sp³-hybridized carbons (Fsp3) is 0.500. The zero-order valence-corrected chi connectivity index (χ0v) is 22.6. The van der Waals surface area contributed by atoms with E-state index < -0.39 is 5.54 Å². The molecule has 2 heterocycles. The summed E-state index contributed by atoms with van der Waals surface area (Å²) in [5.41, 5.74) is 2.13. The highest BCUT2D eigenvalue weighted by Crippen LogP contribution is 2.39. The number of allylic oxidation sites excluding steroid dienone is 4. The molecule has 1 aromatic rings. The maximum atomic E-state index is 14.0. The lowest BCUT2D eigenvalue weighted by molar-refractivity contribution is 0.0966. The van der Waals surface area contributed by atoms with E-state index in [4.69, 9.17) is 0 Å². The van der Waals surface area contributed by atoms with Crippen molar-refractivity contribution < 1.29 is 9.90 Å². The third-order valence-corrected chi connectivity index (χ3v) is 6.92. The monoisotopic (exact) mass is 479 g/mol. The minimum Gasteiger partial charge on any atom is -0.393 e. The Morgan fingerprint density at radius 2 is 1.86 bits per heavy atom. The largest absolute Gasteiger partial charge is 0.393 e. The van der Waals surface area contributed by atoms with E-state index in [2.05, 4.69) is 30.2 Å². The lowest BCUT2D eigenvalue weighted by Crippen LogP contribution is -2.56. The minimum absolute atomic E-state index is 0.0309. The Morgan fingerprint density at radius 1 is 1.14 bits per heavy atom. The molecule has 0 aliphatic carbocycles. The number of likely N-dealkylation sites (tertiary alicyclic amines) is 1. The van der Waals surface area contributed by atoms with Gasteiger partial charge in [-0.15, -0.1) is 0 Å². The van der Waals surface area contributed by atoms with Crippen molar-refractivity contribution in [3.05, 3.63) is 77.9 Å². The van der Waals surface area contributed by atoms with E-state index in [0.29, 0.717) is 6.54 Å². The summed E-state index contributed by atoms with van der Waals surface area (Å²) in [5.74, 6) is 0. The fourth-order valence-electron chi connectivity index (χ4n) is 4.93. The molecule has 0 aromatic heterocycles. The molecular weight excluding hydrogens is 434 g/mol. The number of urea groups is 1. The maximum absolute atomic E-state index is 14.0. The third-order valence-electron chi connectivity index (χ3n) is 6.92. The fourth-order valence-corrected chi connectivity index (χ4v) is 4.93. The molecule has 192 valence electrons. The Morgan fingerprint density at radius 3 is 2.49 bits per heavy atom. The van der Waals surface area contributed by atoms with Crippen molar-refractivity contribution in [2.75, 3.05) is 40.3 Å². The average Bonchev–Trinajstić information content (AvgIpc) is 3.17. The van der Waals surface area contributed by atoms with Gasteiger partial charge in [0.1, 0.15) is 5.54 Å². The predicted molar refractivity (Wildman–Crippen MR) is 148 cm³/mol. The van der Waals surface area contributed by atoms with Gasteiger partial charge in [0.2, 0.25) is 0 Å². The Bertz CT molecular complexity index is 919. The van der Waals surface area contributed by atoms with E-state index >= 15 is 0 Å². The molecule has 35 heavy (non-hydrogen) atoms. The first-order valence-electron chi connectivity index (χ1n) is 13.0. The average molecular weight is 480 g/mol. The molecule has 5 heteroatoms. The summed E-state index contributed by atoms with van der Waals surface area (Å²) in [5, 5.41) is 10.8. The number of benzene rings is 1. The molecule has 1 fully saturated rings. The molecule has 1 unspecified atom stereocenters. The Balaban J connectivity index is 0.00000210. The van der Waals surface area contributed by atoms with Crippen molar-refractivity contribution in [2.24, 2.45) is 0 Å². The van der Waals surface area contributed by atoms with Crippen LogP contribution >= 0.6 is 0 Å². The number of hydrogen-bond acceptors (Lipinski definition) is 3. The molecule has 1 saturated heterocycles. The normalized spacial score (nSPS) is 23.7. The van der Waals surface area contributed by atoms with Crippen LogP contribution in [0.25, 0.3) is 5.57 Å². The summed E-state index contributed by atoms with van der Waals surface area (Å²) in [4.78, 5) is 20.1. The molecule has 0 radical (unpaired) electrons. The molecule has 0 bridgehead atoms. The second kappa shape index (κ2) is 14.1. The van der Waals surface area contributed by atoms with E-state index in [9.17, 15) is 9.90 Å². The smallest absolute Gasteiger partial charge is 0.321 e. The van der Waals surface area contributed by atoms with E-state index in [-0.39, 0.29) is 18.7 Å². The SMILES string of the molecule is CC.C\C=C/C=C(\C=C/C)[C@]1(CO)C=C(c2ccccc2)CN1C(=O)N(C)C1CCCN(C)CC1. The van der Waals surface area contributed by atoms with E-state index in [1.165, 1.54) is 0 Å². The van der Waals surface area contributed by atoms with Gasteiger partial charge in [-0.2, -0.15) is 0 Å². The summed E-state index contributed by atoms with van der Waals surface area (Å²) in [6.07, 6.45) is 15.0. The molecule has 2 atom stereocenters. The number of aliphatic hydroxyl groups is 1. The number of hydrogen-bond donors (Lipinski definition) is 1. The number of aliphatic hydroxyl groups excluding tert-OH is 1. The third kappa shape index (κ3) is 6.74. The Hall–Kier alpha value is -2.63. The first-order valence-corrected chi connectivity index (χ1v) is 13.0. The summed E-state index contributed by atoms with van der Waals surface area (Å²) in [6.45, 7) is 10.3. The molecule has 0 saturated carbocycles. The maximum Gasteiger partial charge on any atom is 0.321 e. The lowest BCUT2D eigenvalue weighted by atomic mass is 9.88. The first-order chi connectivity index (χ1) is 17.0. The molecular formula is C30H45N3O2. The van der Waals surface area contributed by atoms with Crippen LogP contribution in [0.1, 0.15) is 52.5 Å². The Labute approximate surface area is 213 Å². The van der Waals surface area contributed by atoms with Crippen molar-refractivity contribution in [1.29, 1.82) is 0 Å². The first kappa shape index (κ1) is 28.6. The minimum atomic E-state index is -0.913. The van der Waals surface area contributed by atoms with E-state index in [0.717, 1.165) is 49.1 Å². The Kier molecular flexibility index (Phi) is 11.5. The topological polar surface area (TPSA) is 47.0 Å². The van der Waals surface area contributed by atoms with Crippen LogP contribution in [0.3, 0.4) is 0 Å². The lowest BCUT2D eigenvalue weighted by Gasteiger charge is -2.41. The van der Waals surface area contributed by atoms with Crippen LogP contribution < -0.4 is 0 Å². The van der Waals surface area contributed by atoms with Crippen molar-refractivity contribution in [1.82, 2.24) is 14.7 Å². The van der Waals surface area contributed by atoms with Crippen molar-refractivity contribution >= 4 is 11.6 Å². The number of rotatable bonds is 6. The summed E-state index contributed by atoms with van der Waals surface area (Å²) >= 11 is 0. The van der Waals surface area contributed by atoms with Gasteiger partial charge in [0.25, 0.3) is 0 Å². The summed E-state index contributed by atoms with van der Waals surface area (Å²) < 4.78 is 0. The van der Waals surface area contributed by atoms with Gasteiger partial charge in [0.15, 0.2) is 0 Å². The van der Waals surface area contributed by atoms with Crippen molar-refractivity contribution in [3.8, 4) is 0 Å². The van der Waals surface area contributed by atoms with Gasteiger partial charge in [-0.1, -0.05) is 74.6 Å². The van der Waals surface area contributed by atoms with E-state index in [1.807, 2.05) is 93.1 Å². The van der Waals surface area contributed by atoms with Crippen molar-refractivity contribution in [3.63, 3.8) is 0 Å². The predicted octanol–water partition coefficient (Wildman–Crippen LogP) is 5.76.